The number of nitrogens with zero attached hydrogens (tertiary/aromatic N) is 4. The van der Waals surface area contributed by atoms with Crippen molar-refractivity contribution in [2.75, 3.05) is 18.0 Å². The molecule has 94 valence electrons. The molecule has 1 unspecified atom stereocenters. The first-order valence-electron chi connectivity index (χ1n) is 5.62. The molecule has 18 heavy (non-hydrogen) atoms. The number of H-pyrrole nitrogens is 1. The van der Waals surface area contributed by atoms with Crippen LogP contribution in [-0.2, 0) is 4.79 Å². The number of amides is 1. The van der Waals surface area contributed by atoms with Crippen molar-refractivity contribution in [3.8, 4) is 0 Å². The van der Waals surface area contributed by atoms with Crippen LogP contribution in [-0.4, -0.2) is 24.0 Å². The van der Waals surface area contributed by atoms with E-state index in [1.165, 1.54) is 4.90 Å². The van der Waals surface area contributed by atoms with E-state index in [-0.39, 0.29) is 23.9 Å². The molecule has 7 heteroatoms. The third kappa shape index (κ3) is 2.36. The first kappa shape index (κ1) is 12.2. The van der Waals surface area contributed by atoms with E-state index in [2.05, 4.69) is 15.0 Å². The number of hydrogen-bond donors (Lipinski definition) is 1. The molecule has 1 aliphatic heterocycles. The fourth-order valence-electron chi connectivity index (χ4n) is 2.07. The number of anilines is 1. The average Bonchev–Trinajstić information content (AvgIpc) is 2.71. The Morgan fingerprint density at radius 1 is 1.61 bits per heavy atom. The number of aryl methyl sites for hydroxylation is 1. The quantitative estimate of drug-likeness (QED) is 0.495. The Bertz CT molecular complexity index is 573. The van der Waals surface area contributed by atoms with Gasteiger partial charge in [0.1, 0.15) is 5.69 Å². The van der Waals surface area contributed by atoms with Crippen molar-refractivity contribution in [3.63, 3.8) is 0 Å². The first-order valence-corrected chi connectivity index (χ1v) is 5.62. The molecular formula is C11H13N5O2. The van der Waals surface area contributed by atoms with Gasteiger partial charge in [0, 0.05) is 30.6 Å². The van der Waals surface area contributed by atoms with Crippen molar-refractivity contribution in [2.45, 2.75) is 13.3 Å². The zero-order chi connectivity index (χ0) is 13.1. The van der Waals surface area contributed by atoms with E-state index in [1.54, 1.807) is 12.3 Å². The minimum Gasteiger partial charge on any atom is -0.327 e. The van der Waals surface area contributed by atoms with E-state index in [9.17, 15) is 9.59 Å². The highest BCUT2D eigenvalue weighted by molar-refractivity contribution is 5.95. The molecule has 1 aromatic rings. The highest BCUT2D eigenvalue weighted by atomic mass is 16.2. The first-order chi connectivity index (χ1) is 8.61. The predicted molar refractivity (Wildman–Crippen MR) is 66.3 cm³/mol. The molecule has 0 bridgehead atoms. The van der Waals surface area contributed by atoms with Crippen LogP contribution in [0.3, 0.4) is 0 Å². The van der Waals surface area contributed by atoms with Crippen LogP contribution in [0.5, 0.6) is 0 Å². The summed E-state index contributed by atoms with van der Waals surface area (Å²) in [6.07, 6.45) is 1.91. The van der Waals surface area contributed by atoms with Crippen LogP contribution in [0.2, 0.25) is 0 Å². The Hall–Kier alpha value is -2.27. The zero-order valence-electron chi connectivity index (χ0n) is 9.96. The summed E-state index contributed by atoms with van der Waals surface area (Å²) in [7, 11) is 0. The Labute approximate surface area is 103 Å². The number of pyridine rings is 1. The van der Waals surface area contributed by atoms with Gasteiger partial charge in [-0.3, -0.25) is 9.59 Å². The minimum atomic E-state index is -0.279. The third-order valence-electron chi connectivity index (χ3n) is 2.93. The second kappa shape index (κ2) is 4.93. The summed E-state index contributed by atoms with van der Waals surface area (Å²) in [5.41, 5.74) is 9.23. The van der Waals surface area contributed by atoms with Gasteiger partial charge >= 0.3 is 0 Å². The summed E-state index contributed by atoms with van der Waals surface area (Å²) < 4.78 is 0. The highest BCUT2D eigenvalue weighted by Gasteiger charge is 2.31. The van der Waals surface area contributed by atoms with Gasteiger partial charge in [0.05, 0.1) is 0 Å². The largest absolute Gasteiger partial charge is 0.327 e. The van der Waals surface area contributed by atoms with Gasteiger partial charge < -0.3 is 9.88 Å². The van der Waals surface area contributed by atoms with Gasteiger partial charge in [-0.2, -0.15) is 0 Å². The fourth-order valence-corrected chi connectivity index (χ4v) is 2.07. The molecule has 0 saturated carbocycles. The second-order valence-electron chi connectivity index (χ2n) is 4.38. The van der Waals surface area contributed by atoms with Crippen LogP contribution < -0.4 is 10.5 Å². The molecule has 1 amide bonds. The lowest BCUT2D eigenvalue weighted by atomic mass is 10.1. The third-order valence-corrected chi connectivity index (χ3v) is 2.93. The van der Waals surface area contributed by atoms with Crippen molar-refractivity contribution >= 4 is 11.6 Å². The lowest BCUT2D eigenvalue weighted by Gasteiger charge is -2.15. The molecule has 1 saturated heterocycles. The summed E-state index contributed by atoms with van der Waals surface area (Å²) in [6, 6.07) is 1.69. The van der Waals surface area contributed by atoms with E-state index in [4.69, 9.17) is 5.53 Å². The molecular weight excluding hydrogens is 234 g/mol. The molecule has 1 atom stereocenters. The molecule has 0 radical (unpaired) electrons. The van der Waals surface area contributed by atoms with Crippen LogP contribution in [0, 0.1) is 12.8 Å². The summed E-state index contributed by atoms with van der Waals surface area (Å²) in [6.45, 7) is 2.55. The number of rotatable bonds is 3. The fraction of sp³-hybridized carbons (Fsp3) is 0.455. The van der Waals surface area contributed by atoms with Crippen LogP contribution in [0.15, 0.2) is 22.2 Å². The van der Waals surface area contributed by atoms with Crippen LogP contribution in [0.25, 0.3) is 10.4 Å². The number of hydrogen-bond acceptors (Lipinski definition) is 3. The maximum atomic E-state index is 11.9. The number of nitrogens with one attached hydrogen (secondary N) is 1. The summed E-state index contributed by atoms with van der Waals surface area (Å²) in [5.74, 6) is -0.127. The number of azide groups is 1. The van der Waals surface area contributed by atoms with Crippen LogP contribution >= 0.6 is 0 Å². The molecule has 1 fully saturated rings. The van der Waals surface area contributed by atoms with Gasteiger partial charge in [-0.05, 0) is 30.0 Å². The predicted octanol–water partition coefficient (Wildman–Crippen LogP) is 1.35. The Balaban J connectivity index is 2.24. The summed E-state index contributed by atoms with van der Waals surface area (Å²) >= 11 is 0. The molecule has 1 aromatic heterocycles. The molecule has 2 heterocycles. The molecule has 2 rings (SSSR count). The highest BCUT2D eigenvalue weighted by Crippen LogP contribution is 2.23. The van der Waals surface area contributed by atoms with E-state index in [1.807, 2.05) is 6.92 Å². The normalized spacial score (nSPS) is 18.8. The molecule has 0 spiro atoms. The topological polar surface area (TPSA) is 102 Å². The van der Waals surface area contributed by atoms with E-state index < -0.39 is 0 Å². The van der Waals surface area contributed by atoms with Crippen molar-refractivity contribution in [2.24, 2.45) is 11.0 Å². The van der Waals surface area contributed by atoms with E-state index in [0.717, 1.165) is 5.56 Å². The Morgan fingerprint density at radius 2 is 2.39 bits per heavy atom. The Kier molecular flexibility index (Phi) is 3.34. The number of aromatic nitrogens is 1. The smallest absolute Gasteiger partial charge is 0.271 e. The van der Waals surface area contributed by atoms with E-state index in [0.29, 0.717) is 18.7 Å². The van der Waals surface area contributed by atoms with Gasteiger partial charge in [0.15, 0.2) is 0 Å². The molecule has 0 aliphatic carbocycles. The SMILES string of the molecule is Cc1c[nH]c(=O)c(N2CC(CN=[N+]=[N-])CC2=O)c1. The van der Waals surface area contributed by atoms with E-state index >= 15 is 0 Å². The lowest BCUT2D eigenvalue weighted by molar-refractivity contribution is -0.117. The van der Waals surface area contributed by atoms with Gasteiger partial charge in [-0.15, -0.1) is 0 Å². The maximum Gasteiger partial charge on any atom is 0.271 e. The molecule has 7 nitrogen and oxygen atoms in total. The van der Waals surface area contributed by atoms with Gasteiger partial charge in [0.2, 0.25) is 5.91 Å². The van der Waals surface area contributed by atoms with Crippen LogP contribution in [0.4, 0.5) is 5.69 Å². The lowest BCUT2D eigenvalue weighted by Crippen LogP contribution is -2.30. The second-order valence-corrected chi connectivity index (χ2v) is 4.38. The standard InChI is InChI=1S/C11H13N5O2/c1-7-2-9(11(18)13-4-7)16-6-8(3-10(16)17)5-14-15-12/h2,4,8H,3,5-6H2,1H3,(H,13,18). The summed E-state index contributed by atoms with van der Waals surface area (Å²) in [4.78, 5) is 30.3. The average molecular weight is 247 g/mol. The number of carbonyl (C=O) groups excluding carboxylic acids is 1. The number of carbonyl (C=O) groups is 1. The molecule has 1 N–H and O–H groups in total. The van der Waals surface area contributed by atoms with Crippen molar-refractivity contribution in [1.29, 1.82) is 0 Å². The monoisotopic (exact) mass is 247 g/mol. The van der Waals surface area contributed by atoms with Crippen molar-refractivity contribution in [3.05, 3.63) is 38.6 Å². The van der Waals surface area contributed by atoms with Crippen molar-refractivity contribution < 1.29 is 4.79 Å². The minimum absolute atomic E-state index is 0.0201. The van der Waals surface area contributed by atoms with Gasteiger partial charge in [0.25, 0.3) is 5.56 Å². The van der Waals surface area contributed by atoms with Crippen molar-refractivity contribution in [1.82, 2.24) is 4.98 Å². The molecule has 0 aromatic carbocycles. The summed E-state index contributed by atoms with van der Waals surface area (Å²) in [5, 5.41) is 3.47. The number of aromatic amines is 1. The Morgan fingerprint density at radius 3 is 3.11 bits per heavy atom. The maximum absolute atomic E-state index is 11.9. The van der Waals surface area contributed by atoms with Gasteiger partial charge in [-0.1, -0.05) is 5.11 Å². The van der Waals surface area contributed by atoms with Crippen LogP contribution in [0.1, 0.15) is 12.0 Å². The van der Waals surface area contributed by atoms with Gasteiger partial charge in [-0.25, -0.2) is 0 Å². The zero-order valence-corrected chi connectivity index (χ0v) is 9.96. The molecule has 1 aliphatic rings.